The van der Waals surface area contributed by atoms with Gasteiger partial charge in [-0.15, -0.1) is 10.2 Å². The highest BCUT2D eigenvalue weighted by molar-refractivity contribution is 5.95. The minimum atomic E-state index is 0.0545. The van der Waals surface area contributed by atoms with Gasteiger partial charge in [0, 0.05) is 30.1 Å². The maximum atomic E-state index is 13.2. The van der Waals surface area contributed by atoms with E-state index >= 15 is 0 Å². The number of piperidine rings is 1. The molecule has 0 bridgehead atoms. The second-order valence-electron chi connectivity index (χ2n) is 7.40. The van der Waals surface area contributed by atoms with Crippen molar-refractivity contribution in [3.8, 4) is 11.4 Å². The summed E-state index contributed by atoms with van der Waals surface area (Å²) in [6, 6.07) is 11.7. The standard InChI is InChI=1S/C21H24N6O/c1-15(2)27-24-20(23-25-27)16-8-10-17(11-9-16)21(28)26-13-4-3-7-19(26)18-6-5-12-22-14-18/h5-6,8-12,14-15,19H,3-4,7,13H2,1-2H3/t19-/m0/s1. The van der Waals surface area contributed by atoms with E-state index in [0.717, 1.165) is 36.9 Å². The SMILES string of the molecule is CC(C)n1nnc(-c2ccc(C(=O)N3CCCC[C@H]3c3cccnc3)cc2)n1. The number of aromatic nitrogens is 5. The van der Waals surface area contributed by atoms with Crippen molar-refractivity contribution < 1.29 is 4.79 Å². The zero-order chi connectivity index (χ0) is 19.5. The summed E-state index contributed by atoms with van der Waals surface area (Å²) < 4.78 is 0. The first-order valence-corrected chi connectivity index (χ1v) is 9.74. The van der Waals surface area contributed by atoms with Crippen LogP contribution in [0.3, 0.4) is 0 Å². The lowest BCUT2D eigenvalue weighted by Crippen LogP contribution is -2.38. The predicted molar refractivity (Wildman–Crippen MR) is 106 cm³/mol. The van der Waals surface area contributed by atoms with Crippen LogP contribution in [0.2, 0.25) is 0 Å². The molecule has 3 aromatic rings. The zero-order valence-electron chi connectivity index (χ0n) is 16.2. The summed E-state index contributed by atoms with van der Waals surface area (Å²) in [5.74, 6) is 0.623. The molecule has 0 radical (unpaired) electrons. The summed E-state index contributed by atoms with van der Waals surface area (Å²) in [5.41, 5.74) is 2.63. The molecule has 1 fully saturated rings. The largest absolute Gasteiger partial charge is 0.332 e. The van der Waals surface area contributed by atoms with Crippen molar-refractivity contribution in [2.24, 2.45) is 0 Å². The van der Waals surface area contributed by atoms with Crippen molar-refractivity contribution >= 4 is 5.91 Å². The van der Waals surface area contributed by atoms with Crippen molar-refractivity contribution in [1.29, 1.82) is 0 Å². The molecule has 4 rings (SSSR count). The molecule has 1 atom stereocenters. The smallest absolute Gasteiger partial charge is 0.254 e. The number of tetrazole rings is 1. The number of carbonyl (C=O) groups is 1. The van der Waals surface area contributed by atoms with Gasteiger partial charge in [0.1, 0.15) is 0 Å². The number of pyridine rings is 1. The Morgan fingerprint density at radius 1 is 1.14 bits per heavy atom. The van der Waals surface area contributed by atoms with Gasteiger partial charge in [-0.2, -0.15) is 4.80 Å². The molecule has 0 spiro atoms. The molecule has 0 saturated carbocycles. The molecular formula is C21H24N6O. The Bertz CT molecular complexity index is 935. The van der Waals surface area contributed by atoms with E-state index < -0.39 is 0 Å². The molecular weight excluding hydrogens is 352 g/mol. The summed E-state index contributed by atoms with van der Waals surface area (Å²) in [6.45, 7) is 4.78. The van der Waals surface area contributed by atoms with Gasteiger partial charge >= 0.3 is 0 Å². The lowest BCUT2D eigenvalue weighted by molar-refractivity contribution is 0.0611. The average Bonchev–Trinajstić information content (AvgIpc) is 3.25. The van der Waals surface area contributed by atoms with Crippen molar-refractivity contribution in [2.75, 3.05) is 6.54 Å². The van der Waals surface area contributed by atoms with E-state index in [0.29, 0.717) is 11.4 Å². The summed E-state index contributed by atoms with van der Waals surface area (Å²) in [4.78, 5) is 21.0. The van der Waals surface area contributed by atoms with Crippen LogP contribution >= 0.6 is 0 Å². The molecule has 1 aromatic carbocycles. The molecule has 1 amide bonds. The van der Waals surface area contributed by atoms with Gasteiger partial charge < -0.3 is 4.90 Å². The van der Waals surface area contributed by atoms with E-state index in [1.165, 1.54) is 0 Å². The second kappa shape index (κ2) is 7.88. The zero-order valence-corrected chi connectivity index (χ0v) is 16.2. The molecule has 0 unspecified atom stereocenters. The third-order valence-corrected chi connectivity index (χ3v) is 5.11. The van der Waals surface area contributed by atoms with Crippen LogP contribution in [0, 0.1) is 0 Å². The average molecular weight is 376 g/mol. The van der Waals surface area contributed by atoms with Gasteiger partial charge in [-0.25, -0.2) is 0 Å². The van der Waals surface area contributed by atoms with Gasteiger partial charge in [0.25, 0.3) is 5.91 Å². The number of carbonyl (C=O) groups excluding carboxylic acids is 1. The minimum Gasteiger partial charge on any atom is -0.332 e. The molecule has 0 N–H and O–H groups in total. The number of likely N-dealkylation sites (tertiary alicyclic amines) is 1. The van der Waals surface area contributed by atoms with E-state index in [2.05, 4.69) is 26.5 Å². The van der Waals surface area contributed by atoms with Gasteiger partial charge in [0.15, 0.2) is 0 Å². The highest BCUT2D eigenvalue weighted by Crippen LogP contribution is 2.31. The Kier molecular flexibility index (Phi) is 5.14. The van der Waals surface area contributed by atoms with Crippen molar-refractivity contribution in [2.45, 2.75) is 45.2 Å². The Balaban J connectivity index is 1.55. The Hall–Kier alpha value is -3.09. The van der Waals surface area contributed by atoms with Crippen LogP contribution in [-0.2, 0) is 0 Å². The molecule has 0 aliphatic carbocycles. The summed E-state index contributed by atoms with van der Waals surface area (Å²) in [7, 11) is 0. The van der Waals surface area contributed by atoms with Crippen LogP contribution < -0.4 is 0 Å². The van der Waals surface area contributed by atoms with Crippen LogP contribution in [-0.4, -0.2) is 42.5 Å². The normalized spacial score (nSPS) is 17.1. The van der Waals surface area contributed by atoms with Crippen LogP contribution in [0.1, 0.15) is 61.1 Å². The predicted octanol–water partition coefficient (Wildman–Crippen LogP) is 3.68. The summed E-state index contributed by atoms with van der Waals surface area (Å²) in [5, 5.41) is 12.6. The minimum absolute atomic E-state index is 0.0545. The fraction of sp³-hybridized carbons (Fsp3) is 0.381. The molecule has 7 nitrogen and oxygen atoms in total. The van der Waals surface area contributed by atoms with E-state index in [4.69, 9.17) is 0 Å². The van der Waals surface area contributed by atoms with Crippen LogP contribution in [0.4, 0.5) is 0 Å². The molecule has 3 heterocycles. The number of benzene rings is 1. The second-order valence-corrected chi connectivity index (χ2v) is 7.40. The lowest BCUT2D eigenvalue weighted by atomic mass is 9.95. The number of rotatable bonds is 4. The van der Waals surface area contributed by atoms with Crippen molar-refractivity contribution in [3.63, 3.8) is 0 Å². The molecule has 1 saturated heterocycles. The maximum absolute atomic E-state index is 13.2. The number of amides is 1. The Labute approximate surface area is 164 Å². The van der Waals surface area contributed by atoms with E-state index in [1.807, 2.05) is 55.3 Å². The monoisotopic (exact) mass is 376 g/mol. The van der Waals surface area contributed by atoms with Gasteiger partial charge in [0.2, 0.25) is 5.82 Å². The molecule has 2 aromatic heterocycles. The van der Waals surface area contributed by atoms with Crippen LogP contribution in [0.15, 0.2) is 48.8 Å². The Morgan fingerprint density at radius 3 is 2.64 bits per heavy atom. The maximum Gasteiger partial charge on any atom is 0.254 e. The van der Waals surface area contributed by atoms with E-state index in [-0.39, 0.29) is 18.0 Å². The third-order valence-electron chi connectivity index (χ3n) is 5.11. The van der Waals surface area contributed by atoms with Gasteiger partial charge in [0.05, 0.1) is 12.1 Å². The topological polar surface area (TPSA) is 76.8 Å². The van der Waals surface area contributed by atoms with Gasteiger partial charge in [-0.3, -0.25) is 9.78 Å². The first-order valence-electron chi connectivity index (χ1n) is 9.74. The number of nitrogens with zero attached hydrogens (tertiary/aromatic N) is 6. The number of hydrogen-bond donors (Lipinski definition) is 0. The molecule has 7 heteroatoms. The van der Waals surface area contributed by atoms with Crippen molar-refractivity contribution in [3.05, 3.63) is 59.9 Å². The summed E-state index contributed by atoms with van der Waals surface area (Å²) in [6.07, 6.45) is 6.75. The Morgan fingerprint density at radius 2 is 1.96 bits per heavy atom. The van der Waals surface area contributed by atoms with Crippen LogP contribution in [0.5, 0.6) is 0 Å². The molecule has 28 heavy (non-hydrogen) atoms. The fourth-order valence-electron chi connectivity index (χ4n) is 3.58. The highest BCUT2D eigenvalue weighted by Gasteiger charge is 2.28. The van der Waals surface area contributed by atoms with Crippen LogP contribution in [0.25, 0.3) is 11.4 Å². The van der Waals surface area contributed by atoms with Crippen molar-refractivity contribution in [1.82, 2.24) is 30.1 Å². The fourth-order valence-corrected chi connectivity index (χ4v) is 3.58. The van der Waals surface area contributed by atoms with E-state index in [9.17, 15) is 4.79 Å². The molecule has 1 aliphatic heterocycles. The van der Waals surface area contributed by atoms with E-state index in [1.54, 1.807) is 11.0 Å². The number of hydrogen-bond acceptors (Lipinski definition) is 5. The van der Waals surface area contributed by atoms with Gasteiger partial charge in [-0.05, 0) is 62.1 Å². The lowest BCUT2D eigenvalue weighted by Gasteiger charge is -2.36. The third kappa shape index (κ3) is 3.65. The molecule has 144 valence electrons. The first kappa shape index (κ1) is 18.3. The quantitative estimate of drug-likeness (QED) is 0.694. The summed E-state index contributed by atoms with van der Waals surface area (Å²) >= 11 is 0. The highest BCUT2D eigenvalue weighted by atomic mass is 16.2. The van der Waals surface area contributed by atoms with Gasteiger partial charge in [-0.1, -0.05) is 18.2 Å². The first-order chi connectivity index (χ1) is 13.6. The molecule has 1 aliphatic rings.